The van der Waals surface area contributed by atoms with Crippen molar-refractivity contribution in [2.24, 2.45) is 5.41 Å². The molecule has 1 aliphatic rings. The number of benzene rings is 4. The van der Waals surface area contributed by atoms with Gasteiger partial charge in [-0.2, -0.15) is 0 Å². The molecule has 0 saturated heterocycles. The number of fused-ring (bicyclic) bond motifs is 3. The van der Waals surface area contributed by atoms with Gasteiger partial charge in [0.15, 0.2) is 0 Å². The van der Waals surface area contributed by atoms with Gasteiger partial charge in [-0.3, -0.25) is 4.98 Å². The van der Waals surface area contributed by atoms with Crippen molar-refractivity contribution in [2.45, 2.75) is 59.1 Å². The molecule has 0 unspecified atom stereocenters. The minimum atomic E-state index is -2.39. The molecule has 0 spiro atoms. The third kappa shape index (κ3) is 4.76. The first kappa shape index (κ1) is 19.0. The first-order valence-corrected chi connectivity index (χ1v) is 14.3. The number of hydrogen-bond donors (Lipinski definition) is 0. The van der Waals surface area contributed by atoms with E-state index in [-0.39, 0.29) is 11.1 Å². The van der Waals surface area contributed by atoms with Crippen molar-refractivity contribution in [3.63, 3.8) is 0 Å². The normalized spacial score (nSPS) is 19.4. The van der Waals surface area contributed by atoms with E-state index in [2.05, 4.69) is 43.1 Å². The third-order valence-corrected chi connectivity index (χ3v) is 8.71. The summed E-state index contributed by atoms with van der Waals surface area (Å²) in [4.78, 5) is 4.45. The second-order valence-corrected chi connectivity index (χ2v) is 12.0. The van der Waals surface area contributed by atoms with Gasteiger partial charge in [0.25, 0.3) is 0 Å². The van der Waals surface area contributed by atoms with E-state index in [1.807, 2.05) is 42.5 Å². The zero-order chi connectivity index (χ0) is 34.1. The third-order valence-electron chi connectivity index (χ3n) is 8.71. The Balaban J connectivity index is 1.29. The summed E-state index contributed by atoms with van der Waals surface area (Å²) in [5.74, 6) is -0.553. The molecule has 2 heteroatoms. The van der Waals surface area contributed by atoms with Crippen LogP contribution in [0.5, 0.6) is 0 Å². The van der Waals surface area contributed by atoms with Crippen molar-refractivity contribution in [3.8, 4) is 33.5 Å². The van der Waals surface area contributed by atoms with Crippen LogP contribution in [0.25, 0.3) is 55.4 Å². The molecule has 0 aliphatic heterocycles. The van der Waals surface area contributed by atoms with Crippen LogP contribution in [-0.4, -0.2) is 4.98 Å². The van der Waals surface area contributed by atoms with Crippen LogP contribution in [-0.2, 0) is 0 Å². The highest BCUT2D eigenvalue weighted by molar-refractivity contribution is 6.13. The number of aromatic nitrogens is 1. The zero-order valence-electron chi connectivity index (χ0n) is 30.4. The molecular weight excluding hydrogens is 498 g/mol. The summed E-state index contributed by atoms with van der Waals surface area (Å²) >= 11 is 0. The molecule has 4 aromatic carbocycles. The monoisotopic (exact) mass is 542 g/mol. The van der Waals surface area contributed by atoms with Gasteiger partial charge in [-0.15, -0.1) is 0 Å². The molecule has 2 aromatic heterocycles. The molecule has 2 nitrogen and oxygen atoms in total. The van der Waals surface area contributed by atoms with E-state index in [1.165, 1.54) is 12.3 Å². The van der Waals surface area contributed by atoms with E-state index < -0.39 is 19.6 Å². The van der Waals surface area contributed by atoms with Crippen molar-refractivity contribution in [1.82, 2.24) is 4.98 Å². The Morgan fingerprint density at radius 1 is 0.780 bits per heavy atom. The number of para-hydroxylation sites is 1. The predicted molar refractivity (Wildman–Crippen MR) is 172 cm³/mol. The highest BCUT2D eigenvalue weighted by Crippen LogP contribution is 2.43. The average Bonchev–Trinajstić information content (AvgIpc) is 3.44. The molecule has 0 radical (unpaired) electrons. The van der Waals surface area contributed by atoms with E-state index in [0.717, 1.165) is 53.1 Å². The number of hydrogen-bond acceptors (Lipinski definition) is 2. The number of pyridine rings is 1. The van der Waals surface area contributed by atoms with Gasteiger partial charge in [-0.05, 0) is 102 Å². The lowest BCUT2D eigenvalue weighted by Crippen LogP contribution is -2.20. The minimum absolute atomic E-state index is 0.179. The lowest BCUT2D eigenvalue weighted by atomic mass is 9.71. The van der Waals surface area contributed by atoms with Gasteiger partial charge in [0.2, 0.25) is 0 Å². The molecule has 0 atom stereocenters. The second kappa shape index (κ2) is 10.0. The molecule has 41 heavy (non-hydrogen) atoms. The fraction of sp³-hybridized carbons (Fsp3) is 0.256. The van der Waals surface area contributed by atoms with Crippen LogP contribution in [0.4, 0.5) is 0 Å². The number of rotatable bonds is 4. The molecular formula is C39H37NO. The molecule has 7 rings (SSSR count). The summed E-state index contributed by atoms with van der Waals surface area (Å²) in [6.45, 7) is -0.108. The summed E-state index contributed by atoms with van der Waals surface area (Å²) in [5, 5.41) is 1.55. The van der Waals surface area contributed by atoms with Gasteiger partial charge in [0.05, 0.1) is 5.69 Å². The molecule has 204 valence electrons. The molecule has 1 saturated carbocycles. The SMILES string of the molecule is [2H]C([2H])([2H])c1ccnc(-c2cccc3c2oc2c(-c4ccc(-c5ccc(C6([2H])CCC(C)(C)CC6)cc5)cc4)c(C([2H])([2H])[2H])ccc23)c1. The summed E-state index contributed by atoms with van der Waals surface area (Å²) in [6, 6.07) is 28.2. The summed E-state index contributed by atoms with van der Waals surface area (Å²) in [6.07, 6.45) is 5.30. The maximum absolute atomic E-state index is 9.13. The van der Waals surface area contributed by atoms with Crippen LogP contribution in [0.1, 0.15) is 71.7 Å². The molecule has 2 heterocycles. The summed E-state index contributed by atoms with van der Waals surface area (Å²) in [7, 11) is 0. The Bertz CT molecular complexity index is 2130. The highest BCUT2D eigenvalue weighted by atomic mass is 16.3. The molecule has 6 aromatic rings. The first-order valence-electron chi connectivity index (χ1n) is 17.8. The lowest BCUT2D eigenvalue weighted by molar-refractivity contribution is 0.224. The summed E-state index contributed by atoms with van der Waals surface area (Å²) < 4.78 is 64.3. The Labute approximate surface area is 252 Å². The van der Waals surface area contributed by atoms with Gasteiger partial charge in [-0.25, -0.2) is 0 Å². The van der Waals surface area contributed by atoms with Crippen molar-refractivity contribution >= 4 is 21.9 Å². The Morgan fingerprint density at radius 2 is 1.49 bits per heavy atom. The predicted octanol–water partition coefficient (Wildman–Crippen LogP) is 11.3. The highest BCUT2D eigenvalue weighted by Gasteiger charge is 2.27. The van der Waals surface area contributed by atoms with Crippen LogP contribution in [0, 0.1) is 19.1 Å². The smallest absolute Gasteiger partial charge is 0.144 e. The lowest BCUT2D eigenvalue weighted by Gasteiger charge is -2.34. The molecule has 0 bridgehead atoms. The maximum atomic E-state index is 9.13. The number of furan rings is 1. The van der Waals surface area contributed by atoms with Gasteiger partial charge in [-0.1, -0.05) is 86.6 Å². The molecule has 0 amide bonds. The van der Waals surface area contributed by atoms with E-state index in [0.29, 0.717) is 39.0 Å². The van der Waals surface area contributed by atoms with Crippen LogP contribution < -0.4 is 0 Å². The van der Waals surface area contributed by atoms with Gasteiger partial charge < -0.3 is 4.42 Å². The Morgan fingerprint density at radius 3 is 2.22 bits per heavy atom. The van der Waals surface area contributed by atoms with E-state index >= 15 is 0 Å². The van der Waals surface area contributed by atoms with Crippen molar-refractivity contribution in [2.75, 3.05) is 0 Å². The second-order valence-electron chi connectivity index (χ2n) is 12.0. The van der Waals surface area contributed by atoms with Crippen molar-refractivity contribution < 1.29 is 14.0 Å². The summed E-state index contributed by atoms with van der Waals surface area (Å²) in [5.41, 5.74) is 6.99. The first-order chi connectivity index (χ1) is 22.6. The van der Waals surface area contributed by atoms with Crippen LogP contribution in [0.15, 0.2) is 102 Å². The van der Waals surface area contributed by atoms with Crippen molar-refractivity contribution in [3.05, 3.63) is 114 Å². The Kier molecular flexibility index (Phi) is 4.66. The Hall–Kier alpha value is -4.17. The average molecular weight is 543 g/mol. The van der Waals surface area contributed by atoms with Crippen LogP contribution in [0.3, 0.4) is 0 Å². The van der Waals surface area contributed by atoms with E-state index in [4.69, 9.17) is 14.0 Å². The number of aryl methyl sites for hydroxylation is 2. The quantitative estimate of drug-likeness (QED) is 0.221. The largest absolute Gasteiger partial charge is 0.455 e. The molecule has 1 aliphatic carbocycles. The zero-order valence-corrected chi connectivity index (χ0v) is 23.4. The van der Waals surface area contributed by atoms with Crippen molar-refractivity contribution in [1.29, 1.82) is 0 Å². The van der Waals surface area contributed by atoms with Gasteiger partial charge in [0.1, 0.15) is 11.2 Å². The van der Waals surface area contributed by atoms with Gasteiger partial charge in [0, 0.05) is 37.7 Å². The minimum Gasteiger partial charge on any atom is -0.455 e. The topological polar surface area (TPSA) is 26.0 Å². The van der Waals surface area contributed by atoms with E-state index in [1.54, 1.807) is 18.2 Å². The van der Waals surface area contributed by atoms with Gasteiger partial charge >= 0.3 is 0 Å². The fourth-order valence-electron chi connectivity index (χ4n) is 6.17. The van der Waals surface area contributed by atoms with E-state index in [9.17, 15) is 0 Å². The number of nitrogens with zero attached hydrogens (tertiary/aromatic N) is 1. The fourth-order valence-corrected chi connectivity index (χ4v) is 6.17. The standard InChI is InChI=1S/C39H37NO/c1-25-20-23-40-35(24-25)34-7-5-6-32-33-17-8-26(2)36(38(33)41-37(32)34)31-15-13-28(14-16-31)27-9-11-29(12-10-27)30-18-21-39(3,4)22-19-30/h5-17,20,23-24,30H,18-19,21-22H2,1-4H3/i1D3,2D3,30D. The molecule has 1 fully saturated rings. The van der Waals surface area contributed by atoms with Crippen LogP contribution in [0.2, 0.25) is 0 Å². The molecule has 0 N–H and O–H groups in total. The maximum Gasteiger partial charge on any atom is 0.144 e. The van der Waals surface area contributed by atoms with Crippen LogP contribution >= 0.6 is 0 Å².